The molecule has 4 heavy (non-hydrogen) atoms. The summed E-state index contributed by atoms with van der Waals surface area (Å²) in [7, 11) is 0. The molecule has 0 aromatic heterocycles. The van der Waals surface area contributed by atoms with Gasteiger partial charge in [0.25, 0.3) is 0 Å². The van der Waals surface area contributed by atoms with E-state index in [2.05, 4.69) is 6.92 Å². The molecule has 0 spiro atoms. The van der Waals surface area contributed by atoms with Crippen LogP contribution in [0.5, 0.6) is 0 Å². The van der Waals surface area contributed by atoms with Crippen LogP contribution in [0, 0.1) is 6.92 Å². The molecule has 0 saturated carbocycles. The van der Waals surface area contributed by atoms with Crippen LogP contribution in [0.25, 0.3) is 5.73 Å². The summed E-state index contributed by atoms with van der Waals surface area (Å²) in [6, 6.07) is 0. The summed E-state index contributed by atoms with van der Waals surface area (Å²) >= 11 is 0. The standard InChI is InChI=1S/C3H7N/c1-2-3-4/h4H,1-3H2. The van der Waals surface area contributed by atoms with Gasteiger partial charge < -0.3 is 5.73 Å². The monoisotopic (exact) mass is 57.1 g/mol. The maximum atomic E-state index is 6.39. The third kappa shape index (κ3) is 1.83. The number of rotatable bonds is 1. The Labute approximate surface area is 26.8 Å². The molecule has 0 aliphatic heterocycles. The van der Waals surface area contributed by atoms with Crippen LogP contribution in [0.3, 0.4) is 0 Å². The third-order valence-electron chi connectivity index (χ3n) is 0.177. The third-order valence-corrected chi connectivity index (χ3v) is 0.177. The molecule has 1 nitrogen and oxygen atoms in total. The summed E-state index contributed by atoms with van der Waals surface area (Å²) in [6.07, 6.45) is 0.736. The first-order valence-corrected chi connectivity index (χ1v) is 1.35. The van der Waals surface area contributed by atoms with Crippen LogP contribution in [0.1, 0.15) is 6.42 Å². The summed E-state index contributed by atoms with van der Waals surface area (Å²) in [5.74, 6) is 0. The van der Waals surface area contributed by atoms with Gasteiger partial charge in [-0.05, 0) is 0 Å². The first-order chi connectivity index (χ1) is 1.91. The van der Waals surface area contributed by atoms with Crippen LogP contribution in [-0.2, 0) is 0 Å². The Hall–Kier alpha value is -0.170. The molecule has 1 N–H and O–H groups in total. The smallest absolute Gasteiger partial charge is 0.0661 e. The molecule has 0 aliphatic carbocycles. The molecule has 0 atom stereocenters. The number of hydrogen-bond acceptors (Lipinski definition) is 0. The van der Waals surface area contributed by atoms with Crippen LogP contribution < -0.4 is 0 Å². The van der Waals surface area contributed by atoms with Gasteiger partial charge in [-0.25, -0.2) is 0 Å². The van der Waals surface area contributed by atoms with Crippen molar-refractivity contribution in [3.63, 3.8) is 0 Å². The number of hydrogen-bond donors (Lipinski definition) is 0. The Bertz CT molecular complexity index is 5.25. The van der Waals surface area contributed by atoms with Crippen molar-refractivity contribution in [2.75, 3.05) is 6.54 Å². The predicted molar refractivity (Wildman–Crippen MR) is 19.2 cm³/mol. The molecule has 0 saturated heterocycles. The molecular weight excluding hydrogens is 50.0 g/mol. The second-order valence-electron chi connectivity index (χ2n) is 0.604. The summed E-state index contributed by atoms with van der Waals surface area (Å²) in [4.78, 5) is 0. The van der Waals surface area contributed by atoms with Crippen molar-refractivity contribution in [2.45, 2.75) is 6.42 Å². The molecule has 0 heterocycles. The topological polar surface area (TPSA) is 23.8 Å². The molecule has 0 aromatic carbocycles. The summed E-state index contributed by atoms with van der Waals surface area (Å²) < 4.78 is 0. The zero-order chi connectivity index (χ0) is 3.41. The largest absolute Gasteiger partial charge is 0.674 e. The normalized spacial score (nSPS) is 7.25. The fraction of sp³-hybridized carbons (Fsp3) is 0.667. The fourth-order valence-corrected chi connectivity index (χ4v) is 0. The molecule has 0 aliphatic rings. The molecule has 1 heteroatoms. The van der Waals surface area contributed by atoms with Gasteiger partial charge in [0.05, 0.1) is 13.3 Å². The SMILES string of the molecule is [CH2+]CC[NH-]. The lowest BCUT2D eigenvalue weighted by molar-refractivity contribution is 1.15. The minimum absolute atomic E-state index is 0.458. The maximum absolute atomic E-state index is 6.39. The minimum atomic E-state index is 0.458. The predicted octanol–water partition coefficient (Wildman–Crippen LogP) is 1.26. The van der Waals surface area contributed by atoms with Gasteiger partial charge >= 0.3 is 0 Å². The summed E-state index contributed by atoms with van der Waals surface area (Å²) in [5.41, 5.74) is 6.39. The second-order valence-corrected chi connectivity index (χ2v) is 0.604. The molecule has 0 rings (SSSR count). The lowest BCUT2D eigenvalue weighted by Gasteiger charge is -1.78. The van der Waals surface area contributed by atoms with E-state index in [0.717, 1.165) is 6.42 Å². The van der Waals surface area contributed by atoms with Crippen LogP contribution >= 0.6 is 0 Å². The van der Waals surface area contributed by atoms with E-state index in [1.54, 1.807) is 0 Å². The van der Waals surface area contributed by atoms with Crippen molar-refractivity contribution >= 4 is 0 Å². The molecule has 0 radical (unpaired) electrons. The van der Waals surface area contributed by atoms with Gasteiger partial charge in [-0.1, -0.05) is 0 Å². The molecular formula is C3H7N. The van der Waals surface area contributed by atoms with Gasteiger partial charge in [0.1, 0.15) is 0 Å². The van der Waals surface area contributed by atoms with Gasteiger partial charge in [-0.15, -0.1) is 6.54 Å². The highest BCUT2D eigenvalue weighted by Crippen LogP contribution is 1.66. The van der Waals surface area contributed by atoms with Crippen LogP contribution in [-0.4, -0.2) is 6.54 Å². The van der Waals surface area contributed by atoms with E-state index >= 15 is 0 Å². The molecule has 0 unspecified atom stereocenters. The first-order valence-electron chi connectivity index (χ1n) is 1.35. The lowest BCUT2D eigenvalue weighted by atomic mass is 10.5. The molecule has 0 aromatic rings. The quantitative estimate of drug-likeness (QED) is 0.404. The molecule has 0 fully saturated rings. The van der Waals surface area contributed by atoms with E-state index in [9.17, 15) is 0 Å². The van der Waals surface area contributed by atoms with Gasteiger partial charge in [-0.2, -0.15) is 0 Å². The Kier molecular flexibility index (Phi) is 2.71. The molecule has 0 bridgehead atoms. The Morgan fingerprint density at radius 3 is 2.00 bits per heavy atom. The van der Waals surface area contributed by atoms with Crippen molar-refractivity contribution in [3.8, 4) is 0 Å². The van der Waals surface area contributed by atoms with Crippen molar-refractivity contribution in [2.24, 2.45) is 0 Å². The van der Waals surface area contributed by atoms with E-state index < -0.39 is 0 Å². The Morgan fingerprint density at radius 1 is 1.75 bits per heavy atom. The van der Waals surface area contributed by atoms with Gasteiger partial charge in [0, 0.05) is 0 Å². The van der Waals surface area contributed by atoms with Crippen molar-refractivity contribution in [1.29, 1.82) is 0 Å². The van der Waals surface area contributed by atoms with Gasteiger partial charge in [0.2, 0.25) is 0 Å². The highest BCUT2D eigenvalue weighted by atomic mass is 14.5. The van der Waals surface area contributed by atoms with E-state index in [1.165, 1.54) is 0 Å². The van der Waals surface area contributed by atoms with Crippen molar-refractivity contribution in [3.05, 3.63) is 12.7 Å². The molecule has 24 valence electrons. The fourth-order valence-electron chi connectivity index (χ4n) is 0. The van der Waals surface area contributed by atoms with E-state index in [-0.39, 0.29) is 0 Å². The van der Waals surface area contributed by atoms with Crippen molar-refractivity contribution in [1.82, 2.24) is 0 Å². The second kappa shape index (κ2) is 2.83. The van der Waals surface area contributed by atoms with Crippen LogP contribution in [0.4, 0.5) is 0 Å². The average molecular weight is 57.1 g/mol. The highest BCUT2D eigenvalue weighted by Gasteiger charge is 1.56. The summed E-state index contributed by atoms with van der Waals surface area (Å²) in [5, 5.41) is 0. The summed E-state index contributed by atoms with van der Waals surface area (Å²) in [6.45, 7) is 3.88. The highest BCUT2D eigenvalue weighted by molar-refractivity contribution is 4.49. The van der Waals surface area contributed by atoms with E-state index in [4.69, 9.17) is 5.73 Å². The number of nitrogens with one attached hydrogen (secondary N) is 1. The Morgan fingerprint density at radius 2 is 2.00 bits per heavy atom. The lowest BCUT2D eigenvalue weighted by Crippen LogP contribution is -1.60. The van der Waals surface area contributed by atoms with Crippen molar-refractivity contribution < 1.29 is 0 Å². The van der Waals surface area contributed by atoms with E-state index in [1.807, 2.05) is 0 Å². The zero-order valence-electron chi connectivity index (χ0n) is 2.62. The zero-order valence-corrected chi connectivity index (χ0v) is 2.62. The van der Waals surface area contributed by atoms with Crippen LogP contribution in [0.15, 0.2) is 0 Å². The minimum Gasteiger partial charge on any atom is -0.674 e. The Balaban J connectivity index is 1.97. The average Bonchev–Trinajstić information content (AvgIpc) is 1.37. The maximum Gasteiger partial charge on any atom is 0.0661 e. The van der Waals surface area contributed by atoms with Gasteiger partial charge in [0.15, 0.2) is 0 Å². The van der Waals surface area contributed by atoms with Crippen LogP contribution in [0.2, 0.25) is 0 Å². The van der Waals surface area contributed by atoms with E-state index in [0.29, 0.717) is 6.54 Å². The van der Waals surface area contributed by atoms with Gasteiger partial charge in [-0.3, -0.25) is 0 Å². The first kappa shape index (κ1) is 3.83. The molecule has 0 amide bonds.